The molecule has 0 amide bonds. The number of aliphatic hydroxyl groups excluding tert-OH is 1. The molecule has 0 bridgehead atoms. The van der Waals surface area contributed by atoms with Gasteiger partial charge in [-0.3, -0.25) is 0 Å². The van der Waals surface area contributed by atoms with Gasteiger partial charge in [0.25, 0.3) is 0 Å². The van der Waals surface area contributed by atoms with E-state index in [4.69, 9.17) is 11.6 Å². The highest BCUT2D eigenvalue weighted by molar-refractivity contribution is 7.89. The molecule has 6 heteroatoms. The molecule has 4 nitrogen and oxygen atoms in total. The highest BCUT2D eigenvalue weighted by Gasteiger charge is 2.30. The molecule has 1 aromatic rings. The zero-order valence-electron chi connectivity index (χ0n) is 11.4. The molecule has 1 rings (SSSR count). The van der Waals surface area contributed by atoms with Crippen LogP contribution in [-0.2, 0) is 16.4 Å². The van der Waals surface area contributed by atoms with Gasteiger partial charge in [-0.15, -0.1) is 11.6 Å². The van der Waals surface area contributed by atoms with Crippen LogP contribution in [0.5, 0.6) is 0 Å². The lowest BCUT2D eigenvalue weighted by molar-refractivity contribution is 0.111. The van der Waals surface area contributed by atoms with Crippen molar-refractivity contribution in [3.8, 4) is 0 Å². The molecule has 0 saturated heterocycles. The summed E-state index contributed by atoms with van der Waals surface area (Å²) in [7, 11) is -3.64. The van der Waals surface area contributed by atoms with Crippen molar-refractivity contribution in [2.75, 3.05) is 5.88 Å². The van der Waals surface area contributed by atoms with E-state index in [0.29, 0.717) is 12.3 Å². The predicted octanol–water partition coefficient (Wildman–Crippen LogP) is 1.91. The normalized spacial score (nSPS) is 14.4. The third-order valence-corrected chi connectivity index (χ3v) is 4.94. The molecule has 1 atom stereocenters. The average Bonchev–Trinajstić information content (AvgIpc) is 2.28. The van der Waals surface area contributed by atoms with Crippen molar-refractivity contribution in [2.45, 2.75) is 43.7 Å². The van der Waals surface area contributed by atoms with Crippen LogP contribution in [0.15, 0.2) is 29.2 Å². The lowest BCUT2D eigenvalue weighted by atomic mass is 10.0. The molecule has 0 aliphatic heterocycles. The van der Waals surface area contributed by atoms with Crippen LogP contribution in [-0.4, -0.2) is 31.0 Å². The van der Waals surface area contributed by atoms with E-state index >= 15 is 0 Å². The van der Waals surface area contributed by atoms with Crippen LogP contribution in [0.1, 0.15) is 26.3 Å². The quantitative estimate of drug-likeness (QED) is 0.789. The summed E-state index contributed by atoms with van der Waals surface area (Å²) >= 11 is 5.63. The van der Waals surface area contributed by atoms with Crippen molar-refractivity contribution in [2.24, 2.45) is 0 Å². The van der Waals surface area contributed by atoms with Gasteiger partial charge in [0.05, 0.1) is 16.5 Å². The second kappa shape index (κ2) is 6.22. The van der Waals surface area contributed by atoms with E-state index in [9.17, 15) is 13.5 Å². The number of aliphatic hydroxyl groups is 1. The topological polar surface area (TPSA) is 66.4 Å². The number of halogens is 1. The summed E-state index contributed by atoms with van der Waals surface area (Å²) in [4.78, 5) is 0.180. The highest BCUT2D eigenvalue weighted by Crippen LogP contribution is 2.16. The standard InChI is InChI=1S/C13H20ClNO3S/c1-10(16)13(2,3)15-19(17,18)12-6-4-11(5-7-12)8-9-14/h4-7,10,15-16H,8-9H2,1-3H3. The molecule has 0 saturated carbocycles. The summed E-state index contributed by atoms with van der Waals surface area (Å²) < 4.78 is 26.8. The predicted molar refractivity (Wildman–Crippen MR) is 76.9 cm³/mol. The van der Waals surface area contributed by atoms with Crippen LogP contribution in [0.25, 0.3) is 0 Å². The number of alkyl halides is 1. The van der Waals surface area contributed by atoms with Crippen LogP contribution in [0.3, 0.4) is 0 Å². The minimum Gasteiger partial charge on any atom is -0.391 e. The maximum atomic E-state index is 12.2. The molecular formula is C13H20ClNO3S. The Morgan fingerprint density at radius 3 is 2.26 bits per heavy atom. The first-order valence-electron chi connectivity index (χ1n) is 6.06. The Hall–Kier alpha value is -0.620. The van der Waals surface area contributed by atoms with Crippen molar-refractivity contribution in [1.29, 1.82) is 0 Å². The van der Waals surface area contributed by atoms with Crippen LogP contribution < -0.4 is 4.72 Å². The fourth-order valence-corrected chi connectivity index (χ4v) is 3.13. The first kappa shape index (κ1) is 16.4. The third kappa shape index (κ3) is 4.45. The van der Waals surface area contributed by atoms with Gasteiger partial charge >= 0.3 is 0 Å². The van der Waals surface area contributed by atoms with Crippen molar-refractivity contribution in [3.63, 3.8) is 0 Å². The summed E-state index contributed by atoms with van der Waals surface area (Å²) in [5.41, 5.74) is 0.0666. The molecule has 0 heterocycles. The van der Waals surface area contributed by atoms with Crippen molar-refractivity contribution in [1.82, 2.24) is 4.72 Å². The van der Waals surface area contributed by atoms with Gasteiger partial charge in [-0.2, -0.15) is 0 Å². The summed E-state index contributed by atoms with van der Waals surface area (Å²) in [6.45, 7) is 4.82. The van der Waals surface area contributed by atoms with Crippen molar-refractivity contribution < 1.29 is 13.5 Å². The highest BCUT2D eigenvalue weighted by atomic mass is 35.5. The first-order chi connectivity index (χ1) is 8.69. The fraction of sp³-hybridized carbons (Fsp3) is 0.538. The van der Waals surface area contributed by atoms with Crippen LogP contribution >= 0.6 is 11.6 Å². The fourth-order valence-electron chi connectivity index (χ4n) is 1.43. The Morgan fingerprint density at radius 1 is 1.32 bits per heavy atom. The number of hydrogen-bond donors (Lipinski definition) is 2. The monoisotopic (exact) mass is 305 g/mol. The number of rotatable bonds is 6. The van der Waals surface area contributed by atoms with E-state index in [-0.39, 0.29) is 4.90 Å². The molecule has 0 fully saturated rings. The number of aryl methyl sites for hydroxylation is 1. The van der Waals surface area contributed by atoms with Gasteiger partial charge < -0.3 is 5.11 Å². The molecule has 1 aromatic carbocycles. The molecule has 2 N–H and O–H groups in total. The molecular weight excluding hydrogens is 286 g/mol. The van der Waals surface area contributed by atoms with E-state index in [2.05, 4.69) is 4.72 Å². The van der Waals surface area contributed by atoms with E-state index in [1.54, 1.807) is 45.0 Å². The minimum absolute atomic E-state index is 0.180. The SMILES string of the molecule is CC(O)C(C)(C)NS(=O)(=O)c1ccc(CCCl)cc1. The second-order valence-corrected chi connectivity index (χ2v) is 7.15. The number of hydrogen-bond acceptors (Lipinski definition) is 3. The smallest absolute Gasteiger partial charge is 0.241 e. The third-order valence-electron chi connectivity index (χ3n) is 3.06. The van der Waals surface area contributed by atoms with Crippen LogP contribution in [0, 0.1) is 0 Å². The van der Waals surface area contributed by atoms with Crippen molar-refractivity contribution in [3.05, 3.63) is 29.8 Å². The Balaban J connectivity index is 2.95. The summed E-state index contributed by atoms with van der Waals surface area (Å²) in [5, 5.41) is 9.56. The number of nitrogens with one attached hydrogen (secondary N) is 1. The lowest BCUT2D eigenvalue weighted by Crippen LogP contribution is -2.50. The molecule has 0 aromatic heterocycles. The van der Waals surface area contributed by atoms with Gasteiger partial charge in [-0.25, -0.2) is 13.1 Å². The van der Waals surface area contributed by atoms with Crippen LogP contribution in [0.4, 0.5) is 0 Å². The van der Waals surface area contributed by atoms with Crippen molar-refractivity contribution >= 4 is 21.6 Å². The minimum atomic E-state index is -3.64. The molecule has 0 spiro atoms. The van der Waals surface area contributed by atoms with Crippen LogP contribution in [0.2, 0.25) is 0 Å². The maximum absolute atomic E-state index is 12.2. The maximum Gasteiger partial charge on any atom is 0.241 e. The molecule has 0 aliphatic carbocycles. The lowest BCUT2D eigenvalue weighted by Gasteiger charge is -2.28. The summed E-state index contributed by atoms with van der Waals surface area (Å²) in [6, 6.07) is 6.57. The van der Waals surface area contributed by atoms with Gasteiger partial charge in [-0.05, 0) is 44.9 Å². The van der Waals surface area contributed by atoms with E-state index in [0.717, 1.165) is 5.56 Å². The Kier molecular flexibility index (Phi) is 5.38. The van der Waals surface area contributed by atoms with E-state index in [1.807, 2.05) is 0 Å². The Bertz CT molecular complexity index is 509. The molecule has 19 heavy (non-hydrogen) atoms. The zero-order chi connectivity index (χ0) is 14.7. The van der Waals surface area contributed by atoms with E-state index in [1.165, 1.54) is 0 Å². The van der Waals surface area contributed by atoms with Gasteiger partial charge in [0.1, 0.15) is 0 Å². The summed E-state index contributed by atoms with van der Waals surface area (Å²) in [6.07, 6.45) is -0.0909. The Morgan fingerprint density at radius 2 is 1.84 bits per heavy atom. The molecule has 108 valence electrons. The van der Waals surface area contributed by atoms with Gasteiger partial charge in [-0.1, -0.05) is 12.1 Å². The van der Waals surface area contributed by atoms with E-state index < -0.39 is 21.7 Å². The molecule has 0 aliphatic rings. The number of benzene rings is 1. The largest absolute Gasteiger partial charge is 0.391 e. The van der Waals surface area contributed by atoms with Gasteiger partial charge in [0.15, 0.2) is 0 Å². The molecule has 0 radical (unpaired) electrons. The average molecular weight is 306 g/mol. The number of sulfonamides is 1. The first-order valence-corrected chi connectivity index (χ1v) is 8.08. The molecule has 1 unspecified atom stereocenters. The zero-order valence-corrected chi connectivity index (χ0v) is 12.9. The van der Waals surface area contributed by atoms with Gasteiger partial charge in [0, 0.05) is 5.88 Å². The summed E-state index contributed by atoms with van der Waals surface area (Å²) in [5.74, 6) is 0.499. The Labute approximate surface area is 119 Å². The van der Waals surface area contributed by atoms with Gasteiger partial charge in [0.2, 0.25) is 10.0 Å². The second-order valence-electron chi connectivity index (χ2n) is 5.09.